The van der Waals surface area contributed by atoms with Crippen LogP contribution in [-0.4, -0.2) is 33.8 Å². The first-order valence-corrected chi connectivity index (χ1v) is 11.4. The van der Waals surface area contributed by atoms with Crippen LogP contribution in [0.2, 0.25) is 0 Å². The highest BCUT2D eigenvalue weighted by molar-refractivity contribution is 5.79. The molecular formula is C29H28N2O4. The van der Waals surface area contributed by atoms with E-state index in [4.69, 9.17) is 9.47 Å². The molecule has 0 fully saturated rings. The maximum atomic E-state index is 13.7. The zero-order chi connectivity index (χ0) is 24.7. The quantitative estimate of drug-likeness (QED) is 0.363. The Morgan fingerprint density at radius 1 is 0.829 bits per heavy atom. The molecule has 4 rings (SSSR count). The zero-order valence-corrected chi connectivity index (χ0v) is 19.8. The van der Waals surface area contributed by atoms with Crippen molar-refractivity contribution in [3.8, 4) is 6.01 Å². The number of aromatic nitrogens is 2. The van der Waals surface area contributed by atoms with Crippen molar-refractivity contribution in [2.75, 3.05) is 6.61 Å². The van der Waals surface area contributed by atoms with Gasteiger partial charge < -0.3 is 14.6 Å². The number of rotatable bonds is 9. The van der Waals surface area contributed by atoms with E-state index in [0.717, 1.165) is 5.56 Å². The van der Waals surface area contributed by atoms with Crippen molar-refractivity contribution in [2.24, 2.45) is 0 Å². The number of carbonyl (C=O) groups excluding carboxylic acids is 1. The van der Waals surface area contributed by atoms with E-state index >= 15 is 0 Å². The summed E-state index contributed by atoms with van der Waals surface area (Å²) < 4.78 is 12.0. The van der Waals surface area contributed by atoms with Crippen molar-refractivity contribution in [3.63, 3.8) is 0 Å². The zero-order valence-electron chi connectivity index (χ0n) is 19.8. The van der Waals surface area contributed by atoms with Crippen LogP contribution in [0.25, 0.3) is 0 Å². The van der Waals surface area contributed by atoms with Crippen molar-refractivity contribution >= 4 is 5.97 Å². The third kappa shape index (κ3) is 5.39. The lowest BCUT2D eigenvalue weighted by Crippen LogP contribution is -2.52. The highest BCUT2D eigenvalue weighted by Gasteiger charge is 2.49. The maximum Gasteiger partial charge on any atom is 0.349 e. The molecule has 3 aromatic carbocycles. The molecule has 0 spiro atoms. The second kappa shape index (κ2) is 10.9. The Hall–Kier alpha value is -4.03. The molecule has 1 N–H and O–H groups in total. The molecule has 35 heavy (non-hydrogen) atoms. The molecule has 0 saturated carbocycles. The van der Waals surface area contributed by atoms with Crippen LogP contribution in [0, 0.1) is 13.8 Å². The molecule has 6 nitrogen and oxygen atoms in total. The molecule has 178 valence electrons. The maximum absolute atomic E-state index is 13.7. The van der Waals surface area contributed by atoms with E-state index in [-0.39, 0.29) is 12.6 Å². The Labute approximate surface area is 205 Å². The normalized spacial score (nSPS) is 12.1. The lowest BCUT2D eigenvalue weighted by atomic mass is 9.70. The van der Waals surface area contributed by atoms with Crippen LogP contribution >= 0.6 is 0 Å². The number of aliphatic hydroxyl groups excluding tert-OH is 1. The Balaban J connectivity index is 1.83. The molecule has 0 bridgehead atoms. The first-order valence-electron chi connectivity index (χ1n) is 11.4. The van der Waals surface area contributed by atoms with Gasteiger partial charge in [-0.05, 0) is 36.6 Å². The standard InChI is InChI=1S/C29H28N2O4/c1-21-18-22(2)31-28(30-21)35-26(27(33)34-19-23-12-6-3-7-13-23)29(20-32,24-14-8-4-9-15-24)25-16-10-5-11-17-25/h3-18,26,32H,19-20H2,1-2H3. The monoisotopic (exact) mass is 468 g/mol. The Bertz CT molecular complexity index is 1190. The van der Waals surface area contributed by atoms with Crippen LogP contribution in [0.4, 0.5) is 0 Å². The van der Waals surface area contributed by atoms with Gasteiger partial charge in [-0.2, -0.15) is 0 Å². The van der Waals surface area contributed by atoms with Crippen LogP contribution < -0.4 is 4.74 Å². The summed E-state index contributed by atoms with van der Waals surface area (Å²) >= 11 is 0. The first kappa shape index (κ1) is 24.1. The number of hydrogen-bond acceptors (Lipinski definition) is 6. The third-order valence-electron chi connectivity index (χ3n) is 5.90. The minimum absolute atomic E-state index is 0.0499. The molecule has 0 aliphatic rings. The van der Waals surface area contributed by atoms with E-state index < -0.39 is 24.1 Å². The number of aryl methyl sites for hydroxylation is 2. The van der Waals surface area contributed by atoms with Gasteiger partial charge in [0.15, 0.2) is 0 Å². The second-order valence-electron chi connectivity index (χ2n) is 8.39. The molecular weight excluding hydrogens is 440 g/mol. The van der Waals surface area contributed by atoms with Crippen molar-refractivity contribution in [1.29, 1.82) is 0 Å². The van der Waals surface area contributed by atoms with Crippen molar-refractivity contribution in [3.05, 3.63) is 125 Å². The second-order valence-corrected chi connectivity index (χ2v) is 8.39. The smallest absolute Gasteiger partial charge is 0.349 e. The van der Waals surface area contributed by atoms with Gasteiger partial charge in [-0.1, -0.05) is 91.0 Å². The summed E-state index contributed by atoms with van der Waals surface area (Å²) in [6.45, 7) is 3.32. The fraction of sp³-hybridized carbons (Fsp3) is 0.207. The SMILES string of the molecule is Cc1cc(C)nc(OC(C(=O)OCc2ccccc2)C(CO)(c2ccccc2)c2ccccc2)n1. The van der Waals surface area contributed by atoms with Crippen LogP contribution in [0.3, 0.4) is 0 Å². The number of benzene rings is 3. The summed E-state index contributed by atoms with van der Waals surface area (Å²) in [5, 5.41) is 10.9. The predicted molar refractivity (Wildman–Crippen MR) is 133 cm³/mol. The van der Waals surface area contributed by atoms with Crippen molar-refractivity contribution < 1.29 is 19.4 Å². The molecule has 0 radical (unpaired) electrons. The lowest BCUT2D eigenvalue weighted by molar-refractivity contribution is -0.157. The highest BCUT2D eigenvalue weighted by atomic mass is 16.6. The predicted octanol–water partition coefficient (Wildman–Crippen LogP) is 4.56. The van der Waals surface area contributed by atoms with Gasteiger partial charge in [0.1, 0.15) is 6.61 Å². The van der Waals surface area contributed by atoms with Crippen molar-refractivity contribution in [2.45, 2.75) is 32.0 Å². The van der Waals surface area contributed by atoms with E-state index in [2.05, 4.69) is 9.97 Å². The molecule has 1 heterocycles. The summed E-state index contributed by atoms with van der Waals surface area (Å²) in [6, 6.07) is 30.0. The van der Waals surface area contributed by atoms with Crippen LogP contribution in [0.1, 0.15) is 28.1 Å². The summed E-state index contributed by atoms with van der Waals surface area (Å²) in [7, 11) is 0. The van der Waals surface area contributed by atoms with Gasteiger partial charge in [-0.3, -0.25) is 0 Å². The van der Waals surface area contributed by atoms with E-state index in [1.807, 2.05) is 111 Å². The minimum atomic E-state index is -1.27. The Kier molecular flexibility index (Phi) is 7.53. The lowest BCUT2D eigenvalue weighted by Gasteiger charge is -2.38. The highest BCUT2D eigenvalue weighted by Crippen LogP contribution is 2.38. The molecule has 6 heteroatoms. The number of nitrogens with zero attached hydrogens (tertiary/aromatic N) is 2. The average molecular weight is 469 g/mol. The Morgan fingerprint density at radius 3 is 1.80 bits per heavy atom. The van der Waals surface area contributed by atoms with Gasteiger partial charge in [-0.15, -0.1) is 0 Å². The van der Waals surface area contributed by atoms with E-state index in [9.17, 15) is 9.90 Å². The molecule has 1 atom stereocenters. The van der Waals surface area contributed by atoms with E-state index in [0.29, 0.717) is 22.5 Å². The van der Waals surface area contributed by atoms with Gasteiger partial charge >= 0.3 is 12.0 Å². The number of ether oxygens (including phenoxy) is 2. The molecule has 4 aromatic rings. The molecule has 0 aliphatic carbocycles. The van der Waals surface area contributed by atoms with Gasteiger partial charge in [0.05, 0.1) is 12.0 Å². The summed E-state index contributed by atoms with van der Waals surface area (Å²) in [4.78, 5) is 22.5. The topological polar surface area (TPSA) is 81.5 Å². The molecule has 0 amide bonds. The van der Waals surface area contributed by atoms with Crippen molar-refractivity contribution in [1.82, 2.24) is 9.97 Å². The summed E-state index contributed by atoms with van der Waals surface area (Å²) in [5.74, 6) is -0.627. The molecule has 0 saturated heterocycles. The number of carbonyl (C=O) groups is 1. The van der Waals surface area contributed by atoms with Gasteiger partial charge in [0.2, 0.25) is 6.10 Å². The average Bonchev–Trinajstić information content (AvgIpc) is 2.89. The first-order chi connectivity index (χ1) is 17.0. The van der Waals surface area contributed by atoms with Crippen LogP contribution in [0.15, 0.2) is 97.1 Å². The fourth-order valence-corrected chi connectivity index (χ4v) is 4.21. The summed E-state index contributed by atoms with van der Waals surface area (Å²) in [5.41, 5.74) is 2.41. The number of hydrogen-bond donors (Lipinski definition) is 1. The molecule has 1 aromatic heterocycles. The molecule has 1 unspecified atom stereocenters. The van der Waals surface area contributed by atoms with Gasteiger partial charge in [-0.25, -0.2) is 14.8 Å². The Morgan fingerprint density at radius 2 is 1.31 bits per heavy atom. The van der Waals surface area contributed by atoms with Crippen LogP contribution in [0.5, 0.6) is 6.01 Å². The van der Waals surface area contributed by atoms with Gasteiger partial charge in [0, 0.05) is 11.4 Å². The van der Waals surface area contributed by atoms with Gasteiger partial charge in [0.25, 0.3) is 0 Å². The molecule has 0 aliphatic heterocycles. The van der Waals surface area contributed by atoms with E-state index in [1.54, 1.807) is 0 Å². The van der Waals surface area contributed by atoms with E-state index in [1.165, 1.54) is 0 Å². The van der Waals surface area contributed by atoms with Crippen LogP contribution in [-0.2, 0) is 21.6 Å². The number of aliphatic hydroxyl groups is 1. The largest absolute Gasteiger partial charge is 0.458 e. The minimum Gasteiger partial charge on any atom is -0.458 e. The summed E-state index contributed by atoms with van der Waals surface area (Å²) in [6.07, 6.45) is -1.26. The third-order valence-corrected chi connectivity index (χ3v) is 5.90. The number of esters is 1. The fourth-order valence-electron chi connectivity index (χ4n) is 4.21.